The molecule has 1 heterocycles. The van der Waals surface area contributed by atoms with Crippen LogP contribution in [0.25, 0.3) is 27.9 Å². The monoisotopic (exact) mass is 357 g/mol. The summed E-state index contributed by atoms with van der Waals surface area (Å²) < 4.78 is 0. The van der Waals surface area contributed by atoms with Crippen molar-refractivity contribution in [1.82, 2.24) is 4.98 Å². The minimum Gasteiger partial charge on any atom is -0.506 e. The molecule has 0 amide bonds. The number of para-hydroxylation sites is 1. The van der Waals surface area contributed by atoms with Gasteiger partial charge in [-0.15, -0.1) is 0 Å². The fourth-order valence-electron chi connectivity index (χ4n) is 3.59. The molecule has 0 radical (unpaired) electrons. The number of hydrogen-bond donors (Lipinski definition) is 1. The molecule has 27 heavy (non-hydrogen) atoms. The number of aromatic nitrogens is 1. The molecule has 0 atom stereocenters. The Balaban J connectivity index is 1.97. The van der Waals surface area contributed by atoms with Crippen LogP contribution in [0.15, 0.2) is 66.2 Å². The zero-order chi connectivity index (χ0) is 19.0. The van der Waals surface area contributed by atoms with Gasteiger partial charge in [-0.05, 0) is 18.1 Å². The zero-order valence-electron chi connectivity index (χ0n) is 15.0. The second-order valence-corrected chi connectivity index (χ2v) is 7.02. The van der Waals surface area contributed by atoms with E-state index in [1.165, 1.54) is 0 Å². The quantitative estimate of drug-likeness (QED) is 0.409. The molecule has 4 nitrogen and oxygen atoms in total. The van der Waals surface area contributed by atoms with Gasteiger partial charge in [-0.25, -0.2) is 4.98 Å². The average molecular weight is 357 g/mol. The molecule has 0 unspecified atom stereocenters. The van der Waals surface area contributed by atoms with Gasteiger partial charge in [0.05, 0.1) is 11.2 Å². The first-order valence-electron chi connectivity index (χ1n) is 9.00. The van der Waals surface area contributed by atoms with Crippen LogP contribution in [0.1, 0.15) is 25.3 Å². The molecular formula is C23H19NO3. The van der Waals surface area contributed by atoms with E-state index < -0.39 is 0 Å². The molecule has 1 aliphatic rings. The summed E-state index contributed by atoms with van der Waals surface area (Å²) in [5, 5.41) is 11.7. The lowest BCUT2D eigenvalue weighted by Gasteiger charge is -2.20. The maximum absolute atomic E-state index is 12.5. The van der Waals surface area contributed by atoms with Gasteiger partial charge in [-0.1, -0.05) is 55.5 Å². The second kappa shape index (κ2) is 6.80. The van der Waals surface area contributed by atoms with Gasteiger partial charge in [0.2, 0.25) is 0 Å². The standard InChI is InChI=1S/C23H19NO3/c1-14-11-20(25)22(21(26)12-14)23(27)17-13-19(15-7-3-2-4-8-15)24-18-10-6-5-9-16(17)18/h2-10,13-14,27H,11-12H2,1H3. The van der Waals surface area contributed by atoms with E-state index in [2.05, 4.69) is 4.98 Å². The fourth-order valence-corrected chi connectivity index (χ4v) is 3.59. The first-order chi connectivity index (χ1) is 13.0. The van der Waals surface area contributed by atoms with Crippen molar-refractivity contribution in [2.45, 2.75) is 19.8 Å². The number of hydrogen-bond acceptors (Lipinski definition) is 4. The summed E-state index contributed by atoms with van der Waals surface area (Å²) in [7, 11) is 0. The van der Waals surface area contributed by atoms with E-state index >= 15 is 0 Å². The van der Waals surface area contributed by atoms with Crippen LogP contribution < -0.4 is 0 Å². The van der Waals surface area contributed by atoms with Crippen LogP contribution in [0, 0.1) is 5.92 Å². The number of aliphatic hydroxyl groups is 1. The number of allylic oxidation sites excluding steroid dienone is 1. The van der Waals surface area contributed by atoms with Gasteiger partial charge in [-0.3, -0.25) is 9.59 Å². The number of nitrogens with zero attached hydrogens (tertiary/aromatic N) is 1. The SMILES string of the molecule is CC1CC(=O)C(=C(O)c2cc(-c3ccccc3)nc3ccccc23)C(=O)C1. The molecule has 2 aromatic carbocycles. The van der Waals surface area contributed by atoms with Crippen molar-refractivity contribution >= 4 is 28.2 Å². The first kappa shape index (κ1) is 17.2. The van der Waals surface area contributed by atoms with Crippen molar-refractivity contribution in [2.75, 3.05) is 0 Å². The van der Waals surface area contributed by atoms with Gasteiger partial charge in [0, 0.05) is 29.4 Å². The fraction of sp³-hybridized carbons (Fsp3) is 0.174. The summed E-state index contributed by atoms with van der Waals surface area (Å²) in [5.74, 6) is -0.819. The van der Waals surface area contributed by atoms with E-state index in [1.54, 1.807) is 6.07 Å². The molecule has 0 aliphatic heterocycles. The predicted octanol–water partition coefficient (Wildman–Crippen LogP) is 4.74. The highest BCUT2D eigenvalue weighted by Crippen LogP contribution is 2.33. The number of Topliss-reactive ketones (excluding diaryl/α,β-unsaturated/α-hetero) is 2. The van der Waals surface area contributed by atoms with Gasteiger partial charge in [0.1, 0.15) is 11.3 Å². The summed E-state index contributed by atoms with van der Waals surface area (Å²) in [4.78, 5) is 29.6. The lowest BCUT2D eigenvalue weighted by molar-refractivity contribution is -0.125. The smallest absolute Gasteiger partial charge is 0.170 e. The largest absolute Gasteiger partial charge is 0.506 e. The third-order valence-corrected chi connectivity index (χ3v) is 4.90. The minimum absolute atomic E-state index is 0.00983. The maximum Gasteiger partial charge on any atom is 0.170 e. The first-order valence-corrected chi connectivity index (χ1v) is 9.00. The Hall–Kier alpha value is -3.27. The van der Waals surface area contributed by atoms with E-state index in [0.29, 0.717) is 22.2 Å². The number of ketones is 2. The van der Waals surface area contributed by atoms with E-state index in [-0.39, 0.29) is 41.7 Å². The van der Waals surface area contributed by atoms with Gasteiger partial charge < -0.3 is 5.11 Å². The van der Waals surface area contributed by atoms with Crippen LogP contribution in [-0.2, 0) is 9.59 Å². The summed E-state index contributed by atoms with van der Waals surface area (Å²) in [6.07, 6.45) is 0.555. The summed E-state index contributed by atoms with van der Waals surface area (Å²) in [6.45, 7) is 1.87. The van der Waals surface area contributed by atoms with Crippen LogP contribution in [0.5, 0.6) is 0 Å². The van der Waals surface area contributed by atoms with E-state index in [1.807, 2.05) is 61.5 Å². The predicted molar refractivity (Wildman–Crippen MR) is 105 cm³/mol. The van der Waals surface area contributed by atoms with E-state index in [0.717, 1.165) is 5.56 Å². The van der Waals surface area contributed by atoms with Gasteiger partial charge in [-0.2, -0.15) is 0 Å². The Morgan fingerprint density at radius 2 is 1.59 bits per heavy atom. The highest BCUT2D eigenvalue weighted by atomic mass is 16.3. The van der Waals surface area contributed by atoms with Crippen LogP contribution in [0.2, 0.25) is 0 Å². The van der Waals surface area contributed by atoms with Crippen molar-refractivity contribution < 1.29 is 14.7 Å². The van der Waals surface area contributed by atoms with Crippen molar-refractivity contribution in [1.29, 1.82) is 0 Å². The molecule has 1 N–H and O–H groups in total. The van der Waals surface area contributed by atoms with E-state index in [4.69, 9.17) is 0 Å². The molecule has 1 aromatic heterocycles. The number of aliphatic hydroxyl groups excluding tert-OH is 1. The molecule has 3 aromatic rings. The zero-order valence-corrected chi connectivity index (χ0v) is 15.0. The lowest BCUT2D eigenvalue weighted by atomic mass is 9.83. The number of rotatable bonds is 2. The Kier molecular flexibility index (Phi) is 4.32. The normalized spacial score (nSPS) is 17.4. The Bertz CT molecular complexity index is 1060. The van der Waals surface area contributed by atoms with Crippen LogP contribution in [0.4, 0.5) is 0 Å². The maximum atomic E-state index is 12.5. The van der Waals surface area contributed by atoms with Crippen molar-refractivity contribution in [3.63, 3.8) is 0 Å². The molecule has 1 aliphatic carbocycles. The number of fused-ring (bicyclic) bond motifs is 1. The second-order valence-electron chi connectivity index (χ2n) is 7.02. The van der Waals surface area contributed by atoms with Gasteiger partial charge in [0.25, 0.3) is 0 Å². The molecule has 1 saturated carbocycles. The lowest BCUT2D eigenvalue weighted by Crippen LogP contribution is -2.25. The summed E-state index contributed by atoms with van der Waals surface area (Å²) >= 11 is 0. The van der Waals surface area contributed by atoms with Crippen molar-refractivity contribution in [2.24, 2.45) is 5.92 Å². The molecule has 0 spiro atoms. The molecule has 134 valence electrons. The van der Waals surface area contributed by atoms with Gasteiger partial charge >= 0.3 is 0 Å². The molecule has 0 bridgehead atoms. The molecule has 1 fully saturated rings. The molecule has 4 heteroatoms. The number of carbonyl (C=O) groups is 2. The summed E-state index contributed by atoms with van der Waals surface area (Å²) in [6, 6.07) is 18.8. The van der Waals surface area contributed by atoms with Crippen LogP contribution in [-0.4, -0.2) is 21.7 Å². The number of pyridine rings is 1. The average Bonchev–Trinajstić information content (AvgIpc) is 2.67. The van der Waals surface area contributed by atoms with Crippen molar-refractivity contribution in [3.05, 3.63) is 71.8 Å². The third kappa shape index (κ3) is 3.14. The summed E-state index contributed by atoms with van der Waals surface area (Å²) in [5.41, 5.74) is 2.66. The minimum atomic E-state index is -0.293. The highest BCUT2D eigenvalue weighted by Gasteiger charge is 2.32. The van der Waals surface area contributed by atoms with E-state index in [9.17, 15) is 14.7 Å². The Morgan fingerprint density at radius 3 is 2.30 bits per heavy atom. The molecular weight excluding hydrogens is 338 g/mol. The molecule has 0 saturated heterocycles. The van der Waals surface area contributed by atoms with Crippen LogP contribution >= 0.6 is 0 Å². The van der Waals surface area contributed by atoms with Crippen molar-refractivity contribution in [3.8, 4) is 11.3 Å². The topological polar surface area (TPSA) is 67.3 Å². The highest BCUT2D eigenvalue weighted by molar-refractivity contribution is 6.26. The Labute approximate surface area is 157 Å². The third-order valence-electron chi connectivity index (χ3n) is 4.90. The number of benzene rings is 2. The van der Waals surface area contributed by atoms with Gasteiger partial charge in [0.15, 0.2) is 11.6 Å². The molecule has 4 rings (SSSR count). The Morgan fingerprint density at radius 1 is 0.963 bits per heavy atom. The van der Waals surface area contributed by atoms with Crippen LogP contribution in [0.3, 0.4) is 0 Å². The number of carbonyl (C=O) groups excluding carboxylic acids is 2.